The summed E-state index contributed by atoms with van der Waals surface area (Å²) in [6.45, 7) is 8.96. The number of rotatable bonds is 9. The molecule has 5 rings (SSSR count). The minimum Gasteiger partial charge on any atom is -0.295 e. The Balaban J connectivity index is 1.66. The fourth-order valence-corrected chi connectivity index (χ4v) is 5.62. The van der Waals surface area contributed by atoms with Crippen LogP contribution in [0.1, 0.15) is 63.7 Å². The van der Waals surface area contributed by atoms with Crippen LogP contribution >= 0.6 is 0 Å². The fraction of sp³-hybridized carbons (Fsp3) is 0.257. The summed E-state index contributed by atoms with van der Waals surface area (Å²) >= 11 is 0. The molecule has 4 aromatic rings. The van der Waals surface area contributed by atoms with E-state index in [1.165, 1.54) is 10.5 Å². The number of carbonyl (C=O) groups is 2. The normalized spacial score (nSPS) is 14.9. The summed E-state index contributed by atoms with van der Waals surface area (Å²) in [6.07, 6.45) is 0. The van der Waals surface area contributed by atoms with Gasteiger partial charge in [0.2, 0.25) is 0 Å². The average Bonchev–Trinajstić information content (AvgIpc) is 3.21. The van der Waals surface area contributed by atoms with Crippen LogP contribution in [0.15, 0.2) is 109 Å². The molecule has 2 amide bonds. The van der Waals surface area contributed by atoms with Gasteiger partial charge >= 0.3 is 0 Å². The van der Waals surface area contributed by atoms with Crippen LogP contribution in [0.2, 0.25) is 0 Å². The molecule has 0 aromatic heterocycles. The molecule has 4 nitrogen and oxygen atoms in total. The van der Waals surface area contributed by atoms with Crippen molar-refractivity contribution in [2.24, 2.45) is 11.8 Å². The lowest BCUT2D eigenvalue weighted by Gasteiger charge is -2.43. The van der Waals surface area contributed by atoms with Crippen LogP contribution in [-0.2, 0) is 5.54 Å². The molecular formula is C35H36N2O2. The van der Waals surface area contributed by atoms with Gasteiger partial charge in [-0.3, -0.25) is 19.8 Å². The molecule has 1 aliphatic rings. The third kappa shape index (κ3) is 4.93. The quantitative estimate of drug-likeness (QED) is 0.196. The molecule has 0 spiro atoms. The third-order valence-corrected chi connectivity index (χ3v) is 8.24. The first-order valence-electron chi connectivity index (χ1n) is 13.7. The lowest BCUT2D eigenvalue weighted by Crippen LogP contribution is -2.56. The number of carbonyl (C=O) groups excluding carboxylic acids is 2. The monoisotopic (exact) mass is 516 g/mol. The van der Waals surface area contributed by atoms with Crippen LogP contribution in [0.3, 0.4) is 0 Å². The van der Waals surface area contributed by atoms with E-state index in [1.807, 2.05) is 24.3 Å². The first kappa shape index (κ1) is 26.6. The molecule has 198 valence electrons. The van der Waals surface area contributed by atoms with Crippen LogP contribution in [-0.4, -0.2) is 29.3 Å². The van der Waals surface area contributed by atoms with Crippen molar-refractivity contribution >= 4 is 11.8 Å². The van der Waals surface area contributed by atoms with Gasteiger partial charge in [0.15, 0.2) is 0 Å². The molecule has 1 aliphatic heterocycles. The van der Waals surface area contributed by atoms with Crippen molar-refractivity contribution in [1.29, 1.82) is 0 Å². The van der Waals surface area contributed by atoms with Crippen molar-refractivity contribution in [3.8, 4) is 0 Å². The van der Waals surface area contributed by atoms with Crippen molar-refractivity contribution < 1.29 is 9.59 Å². The van der Waals surface area contributed by atoms with Crippen molar-refractivity contribution in [2.75, 3.05) is 6.54 Å². The van der Waals surface area contributed by atoms with E-state index >= 15 is 0 Å². The minimum atomic E-state index is -0.706. The summed E-state index contributed by atoms with van der Waals surface area (Å²) in [6, 6.07) is 36.5. The lowest BCUT2D eigenvalue weighted by molar-refractivity contribution is 0.0611. The highest BCUT2D eigenvalue weighted by Crippen LogP contribution is 2.39. The Morgan fingerprint density at radius 3 is 1.54 bits per heavy atom. The molecule has 0 saturated heterocycles. The summed E-state index contributed by atoms with van der Waals surface area (Å²) in [5.41, 5.74) is 4.75. The molecular weight excluding hydrogens is 480 g/mol. The van der Waals surface area contributed by atoms with Crippen molar-refractivity contribution in [1.82, 2.24) is 10.2 Å². The average molecular weight is 517 g/mol. The second-order valence-corrected chi connectivity index (χ2v) is 11.0. The van der Waals surface area contributed by atoms with Crippen molar-refractivity contribution in [3.63, 3.8) is 0 Å². The van der Waals surface area contributed by atoms with E-state index in [-0.39, 0.29) is 30.3 Å². The second kappa shape index (κ2) is 11.0. The van der Waals surface area contributed by atoms with Gasteiger partial charge in [-0.2, -0.15) is 0 Å². The third-order valence-electron chi connectivity index (χ3n) is 8.24. The molecule has 0 bridgehead atoms. The summed E-state index contributed by atoms with van der Waals surface area (Å²) in [7, 11) is 0. The predicted molar refractivity (Wildman–Crippen MR) is 157 cm³/mol. The number of imide groups is 1. The topological polar surface area (TPSA) is 49.4 Å². The zero-order valence-electron chi connectivity index (χ0n) is 23.1. The standard InChI is InChI=1S/C35H36N2O2/c1-24(2)26(4)32(23-37-33(38)30-17-11-12-18-31(30)34(37)39)36-35(27-13-7-5-8-14-27,28-15-9-6-10-16-28)29-21-19-25(3)20-22-29/h5-22,24,26,32,36H,23H2,1-4H3/t26-,32+/m0/s1. The Labute approximate surface area is 231 Å². The molecule has 0 radical (unpaired) electrons. The number of nitrogens with zero attached hydrogens (tertiary/aromatic N) is 1. The zero-order valence-corrected chi connectivity index (χ0v) is 23.1. The van der Waals surface area contributed by atoms with Gasteiger partial charge in [0, 0.05) is 12.6 Å². The number of aryl methyl sites for hydroxylation is 1. The summed E-state index contributed by atoms with van der Waals surface area (Å²) < 4.78 is 0. The minimum absolute atomic E-state index is 0.159. The number of benzene rings is 4. The molecule has 0 fully saturated rings. The zero-order chi connectivity index (χ0) is 27.6. The van der Waals surface area contributed by atoms with Gasteiger partial charge < -0.3 is 0 Å². The van der Waals surface area contributed by atoms with E-state index in [4.69, 9.17) is 0 Å². The van der Waals surface area contributed by atoms with Gasteiger partial charge in [-0.05, 0) is 47.6 Å². The molecule has 4 aromatic carbocycles. The number of amides is 2. The maximum absolute atomic E-state index is 13.4. The van der Waals surface area contributed by atoms with E-state index in [2.05, 4.69) is 106 Å². The Hall–Kier alpha value is -4.02. The lowest BCUT2D eigenvalue weighted by atomic mass is 9.75. The van der Waals surface area contributed by atoms with Gasteiger partial charge in [0.05, 0.1) is 16.7 Å². The highest BCUT2D eigenvalue weighted by molar-refractivity contribution is 6.21. The fourth-order valence-electron chi connectivity index (χ4n) is 5.62. The number of hydrogen-bond donors (Lipinski definition) is 1. The molecule has 1 N–H and O–H groups in total. The number of nitrogens with one attached hydrogen (secondary N) is 1. The molecule has 4 heteroatoms. The maximum atomic E-state index is 13.4. The highest BCUT2D eigenvalue weighted by atomic mass is 16.2. The van der Waals surface area contributed by atoms with E-state index in [9.17, 15) is 9.59 Å². The van der Waals surface area contributed by atoms with E-state index in [0.29, 0.717) is 17.0 Å². The van der Waals surface area contributed by atoms with Crippen LogP contribution in [0, 0.1) is 18.8 Å². The Morgan fingerprint density at radius 1 is 0.641 bits per heavy atom. The van der Waals surface area contributed by atoms with Gasteiger partial charge in [-0.1, -0.05) is 123 Å². The molecule has 0 unspecified atom stereocenters. The largest absolute Gasteiger partial charge is 0.295 e. The van der Waals surface area contributed by atoms with E-state index < -0.39 is 5.54 Å². The Kier molecular flexibility index (Phi) is 7.49. The van der Waals surface area contributed by atoms with Crippen LogP contribution < -0.4 is 5.32 Å². The first-order valence-corrected chi connectivity index (χ1v) is 13.7. The van der Waals surface area contributed by atoms with Crippen LogP contribution in [0.5, 0.6) is 0 Å². The Bertz CT molecular complexity index is 1370. The van der Waals surface area contributed by atoms with Gasteiger partial charge in [-0.25, -0.2) is 0 Å². The molecule has 2 atom stereocenters. The molecule has 0 aliphatic carbocycles. The van der Waals surface area contributed by atoms with Crippen LogP contribution in [0.25, 0.3) is 0 Å². The second-order valence-electron chi connectivity index (χ2n) is 11.0. The van der Waals surface area contributed by atoms with Gasteiger partial charge in [0.1, 0.15) is 0 Å². The smallest absolute Gasteiger partial charge is 0.261 e. The van der Waals surface area contributed by atoms with Crippen molar-refractivity contribution in [3.05, 3.63) is 143 Å². The van der Waals surface area contributed by atoms with Crippen molar-refractivity contribution in [2.45, 2.75) is 39.3 Å². The number of hydrogen-bond acceptors (Lipinski definition) is 3. The maximum Gasteiger partial charge on any atom is 0.261 e. The molecule has 39 heavy (non-hydrogen) atoms. The van der Waals surface area contributed by atoms with E-state index in [1.54, 1.807) is 12.1 Å². The number of fused-ring (bicyclic) bond motifs is 1. The summed E-state index contributed by atoms with van der Waals surface area (Å²) in [5.74, 6) is 0.0314. The predicted octanol–water partition coefficient (Wildman–Crippen LogP) is 6.83. The van der Waals surface area contributed by atoms with Gasteiger partial charge in [-0.15, -0.1) is 0 Å². The summed E-state index contributed by atoms with van der Waals surface area (Å²) in [4.78, 5) is 28.3. The van der Waals surface area contributed by atoms with Crippen LogP contribution in [0.4, 0.5) is 0 Å². The summed E-state index contributed by atoms with van der Waals surface area (Å²) in [5, 5.41) is 4.07. The van der Waals surface area contributed by atoms with Gasteiger partial charge in [0.25, 0.3) is 11.8 Å². The molecule has 1 heterocycles. The van der Waals surface area contributed by atoms with E-state index in [0.717, 1.165) is 16.7 Å². The SMILES string of the molecule is Cc1ccc(C(N[C@H](CN2C(=O)c3ccccc3C2=O)[C@@H](C)C(C)C)(c2ccccc2)c2ccccc2)cc1. The molecule has 0 saturated carbocycles. The Morgan fingerprint density at radius 2 is 1.08 bits per heavy atom. The highest BCUT2D eigenvalue weighted by Gasteiger charge is 2.43. The first-order chi connectivity index (χ1) is 18.8.